The number of aromatic amines is 1. The monoisotopic (exact) mass is 458 g/mol. The number of amides is 1. The van der Waals surface area contributed by atoms with E-state index in [2.05, 4.69) is 68.1 Å². The van der Waals surface area contributed by atoms with Gasteiger partial charge in [0, 0.05) is 30.9 Å². The summed E-state index contributed by atoms with van der Waals surface area (Å²) in [5, 5.41) is 16.3. The summed E-state index contributed by atoms with van der Waals surface area (Å²) in [5.41, 5.74) is 6.82. The second-order valence-electron chi connectivity index (χ2n) is 8.21. The minimum absolute atomic E-state index is 0.320. The number of hydrogen-bond acceptors (Lipinski definition) is 6. The number of anilines is 2. The molecule has 1 amide bonds. The quantitative estimate of drug-likeness (QED) is 0.115. The molecule has 0 spiro atoms. The molecule has 0 bridgehead atoms. The second kappa shape index (κ2) is 11.8. The maximum Gasteiger partial charge on any atom is 0.243 e. The number of nitrogens with one attached hydrogen (secondary N) is 4. The standard InChI is InChI=1S/C26H30N6O2/c33-24(32-34)10-6-1-2-7-15-27-21-13-11-20(12-14-21)23-16-22-25(29-18-30-26(22)31-23)28-17-19-8-4-3-5-9-19/h3-5,8-9,11-14,16,18,27,34H,1-2,6-7,10,15,17H2,(H,32,33)(H2,28,29,30,31). The molecule has 34 heavy (non-hydrogen) atoms. The number of carbonyl (C=O) groups is 1. The molecule has 0 radical (unpaired) electrons. The Bertz CT molecular complexity index is 1190. The van der Waals surface area contributed by atoms with Crippen molar-refractivity contribution in [2.75, 3.05) is 17.2 Å². The van der Waals surface area contributed by atoms with E-state index in [1.165, 1.54) is 5.56 Å². The number of aromatic nitrogens is 3. The molecule has 0 aliphatic rings. The van der Waals surface area contributed by atoms with Crippen molar-refractivity contribution in [3.8, 4) is 11.3 Å². The van der Waals surface area contributed by atoms with E-state index in [0.717, 1.165) is 66.0 Å². The van der Waals surface area contributed by atoms with Crippen LogP contribution in [0, 0.1) is 0 Å². The zero-order chi connectivity index (χ0) is 23.6. The van der Waals surface area contributed by atoms with Crippen molar-refractivity contribution in [3.05, 3.63) is 72.6 Å². The van der Waals surface area contributed by atoms with Crippen molar-refractivity contribution >= 4 is 28.4 Å². The number of hydrogen-bond donors (Lipinski definition) is 5. The van der Waals surface area contributed by atoms with Gasteiger partial charge in [0.15, 0.2) is 0 Å². The van der Waals surface area contributed by atoms with Crippen LogP contribution in [0.2, 0.25) is 0 Å². The van der Waals surface area contributed by atoms with E-state index in [-0.39, 0.29) is 5.91 Å². The van der Waals surface area contributed by atoms with Crippen molar-refractivity contribution in [1.82, 2.24) is 20.4 Å². The van der Waals surface area contributed by atoms with Gasteiger partial charge in [-0.25, -0.2) is 15.4 Å². The summed E-state index contributed by atoms with van der Waals surface area (Å²) in [6.07, 6.45) is 5.78. The van der Waals surface area contributed by atoms with Crippen LogP contribution in [0.15, 0.2) is 67.0 Å². The maximum atomic E-state index is 11.0. The van der Waals surface area contributed by atoms with Gasteiger partial charge in [-0.05, 0) is 42.2 Å². The molecule has 2 aromatic carbocycles. The first-order valence-electron chi connectivity index (χ1n) is 11.6. The Hall–Kier alpha value is -3.91. The molecule has 0 aliphatic carbocycles. The van der Waals surface area contributed by atoms with Gasteiger partial charge in [-0.3, -0.25) is 10.0 Å². The Morgan fingerprint density at radius 1 is 0.912 bits per heavy atom. The lowest BCUT2D eigenvalue weighted by Crippen LogP contribution is -2.17. The van der Waals surface area contributed by atoms with Crippen molar-refractivity contribution in [3.63, 3.8) is 0 Å². The highest BCUT2D eigenvalue weighted by Crippen LogP contribution is 2.28. The molecule has 8 heteroatoms. The lowest BCUT2D eigenvalue weighted by Gasteiger charge is -2.07. The Morgan fingerprint density at radius 3 is 2.50 bits per heavy atom. The molecular weight excluding hydrogens is 428 g/mol. The van der Waals surface area contributed by atoms with E-state index in [0.29, 0.717) is 13.0 Å². The molecule has 0 fully saturated rings. The molecule has 8 nitrogen and oxygen atoms in total. The second-order valence-corrected chi connectivity index (χ2v) is 8.21. The van der Waals surface area contributed by atoms with Crippen molar-refractivity contribution in [2.45, 2.75) is 38.6 Å². The SMILES string of the molecule is O=C(CCCCCCNc1ccc(-c2cc3c(NCc4ccccc4)ncnc3[nH]2)cc1)NO. The normalized spacial score (nSPS) is 10.9. The molecule has 2 heterocycles. The third-order valence-corrected chi connectivity index (χ3v) is 5.71. The van der Waals surface area contributed by atoms with E-state index in [1.54, 1.807) is 11.8 Å². The Labute approximate surface area is 198 Å². The predicted octanol–water partition coefficient (Wildman–Crippen LogP) is 5.10. The van der Waals surface area contributed by atoms with Gasteiger partial charge in [0.2, 0.25) is 5.91 Å². The summed E-state index contributed by atoms with van der Waals surface area (Å²) in [6.45, 7) is 1.58. The van der Waals surface area contributed by atoms with Crippen molar-refractivity contribution in [1.29, 1.82) is 0 Å². The van der Waals surface area contributed by atoms with Crippen LogP contribution in [0.5, 0.6) is 0 Å². The number of nitrogens with zero attached hydrogens (tertiary/aromatic N) is 2. The van der Waals surface area contributed by atoms with Crippen LogP contribution in [0.4, 0.5) is 11.5 Å². The summed E-state index contributed by atoms with van der Waals surface area (Å²) in [6, 6.07) is 20.7. The molecule has 4 rings (SSSR count). The molecule has 0 atom stereocenters. The summed E-state index contributed by atoms with van der Waals surface area (Å²) in [5.74, 6) is 0.492. The van der Waals surface area contributed by atoms with Crippen LogP contribution in [0.1, 0.15) is 37.7 Å². The van der Waals surface area contributed by atoms with Crippen LogP contribution in [-0.2, 0) is 11.3 Å². The van der Waals surface area contributed by atoms with Crippen LogP contribution in [0.3, 0.4) is 0 Å². The van der Waals surface area contributed by atoms with E-state index < -0.39 is 0 Å². The zero-order valence-corrected chi connectivity index (χ0v) is 19.1. The van der Waals surface area contributed by atoms with Crippen LogP contribution in [0.25, 0.3) is 22.3 Å². The molecule has 0 saturated carbocycles. The Morgan fingerprint density at radius 2 is 1.71 bits per heavy atom. The van der Waals surface area contributed by atoms with Gasteiger partial charge >= 0.3 is 0 Å². The van der Waals surface area contributed by atoms with Crippen molar-refractivity contribution < 1.29 is 10.0 Å². The largest absolute Gasteiger partial charge is 0.385 e. The number of benzene rings is 2. The summed E-state index contributed by atoms with van der Waals surface area (Å²) >= 11 is 0. The highest BCUT2D eigenvalue weighted by Gasteiger charge is 2.09. The van der Waals surface area contributed by atoms with Crippen molar-refractivity contribution in [2.24, 2.45) is 0 Å². The molecule has 4 aromatic rings. The van der Waals surface area contributed by atoms with E-state index in [9.17, 15) is 4.79 Å². The lowest BCUT2D eigenvalue weighted by atomic mass is 10.1. The fraction of sp³-hybridized carbons (Fsp3) is 0.269. The third kappa shape index (κ3) is 6.32. The van der Waals surface area contributed by atoms with E-state index in [4.69, 9.17) is 5.21 Å². The zero-order valence-electron chi connectivity index (χ0n) is 19.1. The van der Waals surface area contributed by atoms with Gasteiger partial charge in [-0.1, -0.05) is 55.3 Å². The van der Waals surface area contributed by atoms with Crippen LogP contribution < -0.4 is 16.1 Å². The number of H-pyrrole nitrogens is 1. The molecule has 0 saturated heterocycles. The molecular formula is C26H30N6O2. The van der Waals surface area contributed by atoms with Gasteiger partial charge in [0.05, 0.1) is 5.39 Å². The molecule has 0 aliphatic heterocycles. The number of hydroxylamine groups is 1. The fourth-order valence-corrected chi connectivity index (χ4v) is 3.84. The number of carbonyl (C=O) groups excluding carboxylic acids is 1. The van der Waals surface area contributed by atoms with Gasteiger partial charge < -0.3 is 15.6 Å². The molecule has 2 aromatic heterocycles. The van der Waals surface area contributed by atoms with E-state index >= 15 is 0 Å². The summed E-state index contributed by atoms with van der Waals surface area (Å²) in [7, 11) is 0. The summed E-state index contributed by atoms with van der Waals surface area (Å²) in [4.78, 5) is 23.2. The average molecular weight is 459 g/mol. The fourth-order valence-electron chi connectivity index (χ4n) is 3.84. The van der Waals surface area contributed by atoms with Gasteiger partial charge in [-0.2, -0.15) is 0 Å². The molecule has 5 N–H and O–H groups in total. The van der Waals surface area contributed by atoms with E-state index in [1.807, 2.05) is 18.2 Å². The summed E-state index contributed by atoms with van der Waals surface area (Å²) < 4.78 is 0. The number of unbranched alkanes of at least 4 members (excludes halogenated alkanes) is 3. The molecule has 0 unspecified atom stereocenters. The minimum Gasteiger partial charge on any atom is -0.385 e. The predicted molar refractivity (Wildman–Crippen MR) is 135 cm³/mol. The van der Waals surface area contributed by atoms with Crippen LogP contribution >= 0.6 is 0 Å². The first-order chi connectivity index (χ1) is 16.7. The molecule has 176 valence electrons. The third-order valence-electron chi connectivity index (χ3n) is 5.71. The van der Waals surface area contributed by atoms with Crippen LogP contribution in [-0.4, -0.2) is 32.6 Å². The number of fused-ring (bicyclic) bond motifs is 1. The topological polar surface area (TPSA) is 115 Å². The minimum atomic E-state index is -0.320. The maximum absolute atomic E-state index is 11.0. The Kier molecular flexibility index (Phi) is 8.08. The smallest absolute Gasteiger partial charge is 0.243 e. The van der Waals surface area contributed by atoms with Gasteiger partial charge in [0.25, 0.3) is 0 Å². The van der Waals surface area contributed by atoms with Gasteiger partial charge in [-0.15, -0.1) is 0 Å². The Balaban J connectivity index is 1.30. The highest BCUT2D eigenvalue weighted by atomic mass is 16.5. The highest BCUT2D eigenvalue weighted by molar-refractivity contribution is 5.91. The first-order valence-corrected chi connectivity index (χ1v) is 11.6. The van der Waals surface area contributed by atoms with Gasteiger partial charge in [0.1, 0.15) is 17.8 Å². The number of rotatable bonds is 12. The lowest BCUT2D eigenvalue weighted by molar-refractivity contribution is -0.129. The average Bonchev–Trinajstić information content (AvgIpc) is 3.33. The first kappa shape index (κ1) is 23.3.